The molecule has 0 amide bonds. The molecule has 0 bridgehead atoms. The first-order valence-electron chi connectivity index (χ1n) is 11.0. The molecule has 1 aliphatic rings. The minimum absolute atomic E-state index is 0.389. The van der Waals surface area contributed by atoms with Gasteiger partial charge in [-0.05, 0) is 46.7 Å². The summed E-state index contributed by atoms with van der Waals surface area (Å²) in [6.07, 6.45) is 11.9. The fraction of sp³-hybridized carbons (Fsp3) is 0.160. The maximum atomic E-state index is 7.32. The predicted molar refractivity (Wildman–Crippen MR) is 136 cm³/mol. The van der Waals surface area contributed by atoms with E-state index in [4.69, 9.17) is 33.9 Å². The minimum atomic E-state index is -1.11. The molecule has 0 spiro atoms. The number of alkyl halides is 1. The van der Waals surface area contributed by atoms with Gasteiger partial charge in [0.1, 0.15) is 5.54 Å². The van der Waals surface area contributed by atoms with Gasteiger partial charge >= 0.3 is 0 Å². The molecular weight excluding hydrogens is 483 g/mol. The minimum Gasteiger partial charge on any atom is -0.336 e. The molecule has 0 aliphatic heterocycles. The number of allylic oxidation sites excluding steroid dienone is 3. The Morgan fingerprint density at radius 3 is 2.77 bits per heavy atom. The number of nitrogens with two attached hydrogens (primary N) is 1. The van der Waals surface area contributed by atoms with Crippen molar-refractivity contribution in [1.29, 1.82) is 0 Å². The second-order valence-corrected chi connectivity index (χ2v) is 9.76. The summed E-state index contributed by atoms with van der Waals surface area (Å²) in [4.78, 5) is 8.17. The second kappa shape index (κ2) is 7.98. The van der Waals surface area contributed by atoms with Crippen molar-refractivity contribution in [3.8, 4) is 11.3 Å². The number of aryl methyl sites for hydroxylation is 1. The van der Waals surface area contributed by atoms with Gasteiger partial charge in [-0.25, -0.2) is 9.97 Å². The first-order valence-corrected chi connectivity index (χ1v) is 11.7. The molecule has 2 aromatic carbocycles. The Hall–Kier alpha value is -3.59. The molecule has 174 valence electrons. The molecular formula is C25H20Cl2N8. The zero-order valence-electron chi connectivity index (χ0n) is 18.7. The number of benzene rings is 2. The molecule has 3 aromatic heterocycles. The van der Waals surface area contributed by atoms with E-state index < -0.39 is 10.4 Å². The van der Waals surface area contributed by atoms with Crippen LogP contribution in [-0.4, -0.2) is 39.5 Å². The van der Waals surface area contributed by atoms with E-state index in [0.717, 1.165) is 27.7 Å². The van der Waals surface area contributed by atoms with E-state index in [1.54, 1.807) is 17.0 Å². The van der Waals surface area contributed by atoms with Crippen molar-refractivity contribution in [1.82, 2.24) is 34.6 Å². The van der Waals surface area contributed by atoms with Crippen molar-refractivity contribution >= 4 is 39.9 Å². The van der Waals surface area contributed by atoms with Gasteiger partial charge in [0.2, 0.25) is 0 Å². The highest BCUT2D eigenvalue weighted by atomic mass is 35.5. The van der Waals surface area contributed by atoms with E-state index in [1.165, 1.54) is 0 Å². The van der Waals surface area contributed by atoms with E-state index in [0.29, 0.717) is 22.9 Å². The summed E-state index contributed by atoms with van der Waals surface area (Å²) in [6, 6.07) is 13.5. The van der Waals surface area contributed by atoms with Crippen molar-refractivity contribution in [3.05, 3.63) is 95.6 Å². The number of halogens is 2. The molecule has 8 nitrogen and oxygen atoms in total. The van der Waals surface area contributed by atoms with Gasteiger partial charge in [0.15, 0.2) is 0 Å². The molecule has 1 aliphatic carbocycles. The molecule has 2 unspecified atom stereocenters. The Balaban J connectivity index is 1.68. The average Bonchev–Trinajstić information content (AvgIpc) is 3.52. The lowest BCUT2D eigenvalue weighted by Gasteiger charge is -2.43. The Labute approximate surface area is 210 Å². The maximum absolute atomic E-state index is 7.32. The van der Waals surface area contributed by atoms with Gasteiger partial charge in [-0.15, -0.1) is 11.6 Å². The SMILES string of the molecule is Cn1cncc1C(N)(c1ccc2c(c1)c(-c1cccc(Cl)c1)nc1nnnn12)C1(Cl)C=CC=CC1. The highest BCUT2D eigenvalue weighted by molar-refractivity contribution is 6.31. The first-order chi connectivity index (χ1) is 16.9. The van der Waals surface area contributed by atoms with Crippen LogP contribution in [0.2, 0.25) is 5.02 Å². The maximum Gasteiger partial charge on any atom is 0.274 e. The number of hydrogen-bond acceptors (Lipinski definition) is 6. The van der Waals surface area contributed by atoms with Crippen LogP contribution in [0.15, 0.2) is 79.3 Å². The fourth-order valence-corrected chi connectivity index (χ4v) is 5.36. The number of hydrogen-bond donors (Lipinski definition) is 1. The monoisotopic (exact) mass is 502 g/mol. The van der Waals surface area contributed by atoms with E-state index in [9.17, 15) is 0 Å². The molecule has 0 fully saturated rings. The summed E-state index contributed by atoms with van der Waals surface area (Å²) in [5.41, 5.74) is 10.1. The van der Waals surface area contributed by atoms with Gasteiger partial charge in [-0.1, -0.05) is 59.2 Å². The number of fused-ring (bicyclic) bond motifs is 3. The molecule has 10 heteroatoms. The quantitative estimate of drug-likeness (QED) is 0.365. The fourth-order valence-electron chi connectivity index (χ4n) is 4.80. The summed E-state index contributed by atoms with van der Waals surface area (Å²) >= 11 is 13.6. The normalized spacial score (nSPS) is 19.4. The number of tetrazole rings is 1. The van der Waals surface area contributed by atoms with Crippen LogP contribution < -0.4 is 5.73 Å². The summed E-state index contributed by atoms with van der Waals surface area (Å²) in [5, 5.41) is 13.4. The number of nitrogens with zero attached hydrogens (tertiary/aromatic N) is 7. The van der Waals surface area contributed by atoms with Crippen molar-refractivity contribution < 1.29 is 0 Å². The lowest BCUT2D eigenvalue weighted by atomic mass is 9.72. The van der Waals surface area contributed by atoms with Crippen molar-refractivity contribution in [2.75, 3.05) is 0 Å². The highest BCUT2D eigenvalue weighted by Gasteiger charge is 2.50. The Bertz CT molecular complexity index is 1650. The smallest absolute Gasteiger partial charge is 0.274 e. The van der Waals surface area contributed by atoms with Gasteiger partial charge in [0.05, 0.1) is 34.3 Å². The van der Waals surface area contributed by atoms with E-state index >= 15 is 0 Å². The van der Waals surface area contributed by atoms with Crippen LogP contribution in [0, 0.1) is 0 Å². The third-order valence-electron chi connectivity index (χ3n) is 6.60. The van der Waals surface area contributed by atoms with Crippen LogP contribution in [0.3, 0.4) is 0 Å². The Morgan fingerprint density at radius 1 is 1.14 bits per heavy atom. The molecule has 5 aromatic rings. The van der Waals surface area contributed by atoms with Gasteiger partial charge < -0.3 is 10.3 Å². The van der Waals surface area contributed by atoms with E-state index in [1.807, 2.05) is 78.4 Å². The number of imidazole rings is 1. The van der Waals surface area contributed by atoms with Gasteiger partial charge in [0, 0.05) is 23.0 Å². The van der Waals surface area contributed by atoms with E-state index in [2.05, 4.69) is 20.5 Å². The van der Waals surface area contributed by atoms with Crippen LogP contribution >= 0.6 is 23.2 Å². The number of rotatable bonds is 4. The summed E-state index contributed by atoms with van der Waals surface area (Å²) in [7, 11) is 1.91. The lowest BCUT2D eigenvalue weighted by molar-refractivity contribution is 0.402. The Kier molecular flexibility index (Phi) is 5.00. The molecule has 0 saturated heterocycles. The van der Waals surface area contributed by atoms with Crippen LogP contribution in [-0.2, 0) is 12.6 Å². The largest absolute Gasteiger partial charge is 0.336 e. The van der Waals surface area contributed by atoms with Crippen LogP contribution in [0.1, 0.15) is 17.7 Å². The first kappa shape index (κ1) is 21.9. The van der Waals surface area contributed by atoms with Gasteiger partial charge in [0.25, 0.3) is 5.78 Å². The second-order valence-electron chi connectivity index (χ2n) is 8.65. The topological polar surface area (TPSA) is 99.8 Å². The molecule has 3 heterocycles. The van der Waals surface area contributed by atoms with Crippen molar-refractivity contribution in [3.63, 3.8) is 0 Å². The zero-order chi connectivity index (χ0) is 24.2. The van der Waals surface area contributed by atoms with Crippen LogP contribution in [0.25, 0.3) is 27.9 Å². The average molecular weight is 503 g/mol. The molecule has 35 heavy (non-hydrogen) atoms. The molecule has 0 radical (unpaired) electrons. The molecule has 0 saturated carbocycles. The Morgan fingerprint density at radius 2 is 2.03 bits per heavy atom. The number of aromatic nitrogens is 7. The van der Waals surface area contributed by atoms with Crippen LogP contribution in [0.5, 0.6) is 0 Å². The van der Waals surface area contributed by atoms with Gasteiger partial charge in [-0.2, -0.15) is 4.52 Å². The van der Waals surface area contributed by atoms with Gasteiger partial charge in [-0.3, -0.25) is 0 Å². The predicted octanol–water partition coefficient (Wildman–Crippen LogP) is 4.42. The lowest BCUT2D eigenvalue weighted by Crippen LogP contribution is -2.55. The zero-order valence-corrected chi connectivity index (χ0v) is 20.2. The third-order valence-corrected chi connectivity index (χ3v) is 7.41. The third kappa shape index (κ3) is 3.29. The summed E-state index contributed by atoms with van der Waals surface area (Å²) in [5.74, 6) is 0.389. The van der Waals surface area contributed by atoms with E-state index in [-0.39, 0.29) is 0 Å². The molecule has 2 atom stereocenters. The van der Waals surface area contributed by atoms with Crippen LogP contribution in [0.4, 0.5) is 0 Å². The molecule has 6 rings (SSSR count). The van der Waals surface area contributed by atoms with Crippen molar-refractivity contribution in [2.45, 2.75) is 16.8 Å². The summed E-state index contributed by atoms with van der Waals surface area (Å²) in [6.45, 7) is 0. The standard InChI is InChI=1S/C25H20Cl2N8/c1-34-15-29-14-21(34)25(28,24(27)10-3-2-4-11-24)17-8-9-20-19(13-17)22(16-6-5-7-18(26)12-16)30-23-31-32-33-35(20)23/h2-10,12-15H,11,28H2,1H3. The molecule has 2 N–H and O–H groups in total. The van der Waals surface area contributed by atoms with Crippen molar-refractivity contribution in [2.24, 2.45) is 12.8 Å². The highest BCUT2D eigenvalue weighted by Crippen LogP contribution is 2.47. The summed E-state index contributed by atoms with van der Waals surface area (Å²) < 4.78 is 3.51.